The molecule has 1 aromatic rings. The first-order valence-corrected chi connectivity index (χ1v) is 4.05. The maximum atomic E-state index is 10.3. The summed E-state index contributed by atoms with van der Waals surface area (Å²) >= 11 is 16.2. The predicted molar refractivity (Wildman–Crippen MR) is 48.3 cm³/mol. The molecule has 0 aliphatic carbocycles. The van der Waals surface area contributed by atoms with Crippen molar-refractivity contribution in [2.45, 2.75) is 0 Å². The van der Waals surface area contributed by atoms with Crippen LogP contribution < -0.4 is 4.74 Å². The lowest BCUT2D eigenvalue weighted by Gasteiger charge is -2.00. The highest BCUT2D eigenvalue weighted by molar-refractivity contribution is 6.61. The number of halogens is 3. The van der Waals surface area contributed by atoms with Gasteiger partial charge in [-0.3, -0.25) is 0 Å². The van der Waals surface area contributed by atoms with Crippen molar-refractivity contribution in [3.05, 3.63) is 28.2 Å². The number of hydrogen-bond acceptors (Lipinski definition) is 2. The van der Waals surface area contributed by atoms with Crippen molar-refractivity contribution in [3.8, 4) is 5.75 Å². The molecule has 0 saturated heterocycles. The Hall–Kier alpha value is -0.440. The molecule has 0 atom stereocenters. The summed E-state index contributed by atoms with van der Waals surface area (Å²) in [5, 5.41) is 0.707. The molecule has 0 spiro atoms. The standard InChI is InChI=1S/C7H3Cl3O2/c8-5-2-1-4(3-6(5)9)12-7(10)11/h1-3H. The van der Waals surface area contributed by atoms with E-state index in [-0.39, 0.29) is 5.75 Å². The highest BCUT2D eigenvalue weighted by Crippen LogP contribution is 2.26. The second-order valence-corrected chi connectivity index (χ2v) is 3.04. The van der Waals surface area contributed by atoms with Crippen LogP contribution in [0.1, 0.15) is 0 Å². The Labute approximate surface area is 84.0 Å². The molecule has 12 heavy (non-hydrogen) atoms. The van der Waals surface area contributed by atoms with Gasteiger partial charge in [0.25, 0.3) is 0 Å². The van der Waals surface area contributed by atoms with Crippen LogP contribution in [0.5, 0.6) is 5.75 Å². The van der Waals surface area contributed by atoms with Gasteiger partial charge in [0, 0.05) is 17.7 Å². The zero-order chi connectivity index (χ0) is 9.14. The Morgan fingerprint density at radius 2 is 1.92 bits per heavy atom. The number of carbonyl (C=O) groups is 1. The number of carbonyl (C=O) groups excluding carboxylic acids is 1. The minimum Gasteiger partial charge on any atom is -0.414 e. The molecule has 2 nitrogen and oxygen atoms in total. The first-order chi connectivity index (χ1) is 5.59. The lowest BCUT2D eigenvalue weighted by Crippen LogP contribution is -1.95. The van der Waals surface area contributed by atoms with Gasteiger partial charge in [0.05, 0.1) is 10.0 Å². The monoisotopic (exact) mass is 224 g/mol. The van der Waals surface area contributed by atoms with E-state index < -0.39 is 5.43 Å². The maximum Gasteiger partial charge on any atom is 0.409 e. The first-order valence-electron chi connectivity index (χ1n) is 2.92. The van der Waals surface area contributed by atoms with Gasteiger partial charge in [0.15, 0.2) is 0 Å². The van der Waals surface area contributed by atoms with Crippen LogP contribution in [0.4, 0.5) is 4.79 Å². The SMILES string of the molecule is O=C(Cl)Oc1ccc(Cl)c(Cl)c1. The van der Waals surface area contributed by atoms with Gasteiger partial charge in [0.1, 0.15) is 5.75 Å². The molecular weight excluding hydrogens is 222 g/mol. The number of rotatable bonds is 1. The molecule has 1 aromatic carbocycles. The van der Waals surface area contributed by atoms with Crippen molar-refractivity contribution in [2.24, 2.45) is 0 Å². The third kappa shape index (κ3) is 2.55. The molecule has 0 N–H and O–H groups in total. The molecule has 0 aliphatic rings. The van der Waals surface area contributed by atoms with Gasteiger partial charge in [0.2, 0.25) is 0 Å². The molecule has 1 rings (SSSR count). The molecule has 0 aliphatic heterocycles. The van der Waals surface area contributed by atoms with Crippen LogP contribution in [0.25, 0.3) is 0 Å². The molecule has 0 saturated carbocycles. The third-order valence-electron chi connectivity index (χ3n) is 1.09. The Bertz CT molecular complexity index is 312. The fourth-order valence-electron chi connectivity index (χ4n) is 0.633. The van der Waals surface area contributed by atoms with Crippen LogP contribution in [0, 0.1) is 0 Å². The molecule has 0 amide bonds. The average Bonchev–Trinajstić information content (AvgIpc) is 1.96. The summed E-state index contributed by atoms with van der Waals surface area (Å²) in [6.45, 7) is 0. The Balaban J connectivity index is 2.89. The zero-order valence-corrected chi connectivity index (χ0v) is 7.95. The molecule has 0 aromatic heterocycles. The maximum absolute atomic E-state index is 10.3. The molecule has 0 bridgehead atoms. The molecule has 5 heteroatoms. The van der Waals surface area contributed by atoms with Gasteiger partial charge >= 0.3 is 5.43 Å². The van der Waals surface area contributed by atoms with Gasteiger partial charge < -0.3 is 4.74 Å². The van der Waals surface area contributed by atoms with Crippen molar-refractivity contribution in [2.75, 3.05) is 0 Å². The Morgan fingerprint density at radius 1 is 1.25 bits per heavy atom. The Morgan fingerprint density at radius 3 is 2.42 bits per heavy atom. The van der Waals surface area contributed by atoms with Crippen LogP contribution in [-0.4, -0.2) is 5.43 Å². The average molecular weight is 225 g/mol. The minimum atomic E-state index is -0.909. The van der Waals surface area contributed by atoms with E-state index in [0.29, 0.717) is 10.0 Å². The number of hydrogen-bond donors (Lipinski definition) is 0. The summed E-state index contributed by atoms with van der Waals surface area (Å²) in [5.74, 6) is 0.268. The quantitative estimate of drug-likeness (QED) is 0.681. The van der Waals surface area contributed by atoms with Gasteiger partial charge in [-0.2, -0.15) is 0 Å². The van der Waals surface area contributed by atoms with Crippen molar-refractivity contribution in [3.63, 3.8) is 0 Å². The van der Waals surface area contributed by atoms with Crippen LogP contribution in [0.2, 0.25) is 10.0 Å². The van der Waals surface area contributed by atoms with Gasteiger partial charge in [-0.1, -0.05) is 23.2 Å². The highest BCUT2D eigenvalue weighted by Gasteiger charge is 2.02. The van der Waals surface area contributed by atoms with Crippen molar-refractivity contribution in [1.29, 1.82) is 0 Å². The summed E-state index contributed by atoms with van der Waals surface area (Å²) in [7, 11) is 0. The lowest BCUT2D eigenvalue weighted by molar-refractivity contribution is 0.225. The zero-order valence-electron chi connectivity index (χ0n) is 5.68. The lowest BCUT2D eigenvalue weighted by atomic mass is 10.3. The molecule has 0 radical (unpaired) electrons. The van der Waals surface area contributed by atoms with E-state index in [1.807, 2.05) is 0 Å². The Kier molecular flexibility index (Phi) is 3.20. The molecule has 64 valence electrons. The fourth-order valence-corrected chi connectivity index (χ4v) is 1.01. The minimum absolute atomic E-state index is 0.268. The van der Waals surface area contributed by atoms with E-state index in [1.165, 1.54) is 18.2 Å². The predicted octanol–water partition coefficient (Wildman–Crippen LogP) is 3.73. The smallest absolute Gasteiger partial charge is 0.409 e. The summed E-state index contributed by atoms with van der Waals surface area (Å²) < 4.78 is 4.53. The van der Waals surface area contributed by atoms with E-state index in [1.54, 1.807) is 0 Å². The fraction of sp³-hybridized carbons (Fsp3) is 0. The van der Waals surface area contributed by atoms with Crippen LogP contribution in [0.3, 0.4) is 0 Å². The van der Waals surface area contributed by atoms with E-state index in [2.05, 4.69) is 4.74 Å². The van der Waals surface area contributed by atoms with Gasteiger partial charge in [-0.05, 0) is 12.1 Å². The van der Waals surface area contributed by atoms with Crippen molar-refractivity contribution < 1.29 is 9.53 Å². The van der Waals surface area contributed by atoms with Gasteiger partial charge in [-0.15, -0.1) is 0 Å². The topological polar surface area (TPSA) is 26.3 Å². The molecule has 0 fully saturated rings. The highest BCUT2D eigenvalue weighted by atomic mass is 35.5. The van der Waals surface area contributed by atoms with Crippen LogP contribution in [-0.2, 0) is 0 Å². The first kappa shape index (κ1) is 9.65. The van der Waals surface area contributed by atoms with Crippen molar-refractivity contribution >= 4 is 40.2 Å². The summed E-state index contributed by atoms with van der Waals surface area (Å²) in [4.78, 5) is 10.3. The summed E-state index contributed by atoms with van der Waals surface area (Å²) in [6.07, 6.45) is 0. The molecule has 0 unspecified atom stereocenters. The normalized spacial score (nSPS) is 9.58. The van der Waals surface area contributed by atoms with E-state index in [4.69, 9.17) is 34.8 Å². The summed E-state index contributed by atoms with van der Waals surface area (Å²) in [6, 6.07) is 4.41. The molecule has 0 heterocycles. The van der Waals surface area contributed by atoms with Crippen LogP contribution >= 0.6 is 34.8 Å². The summed E-state index contributed by atoms with van der Waals surface area (Å²) in [5.41, 5.74) is -0.909. The van der Waals surface area contributed by atoms with E-state index in [0.717, 1.165) is 0 Å². The van der Waals surface area contributed by atoms with Crippen LogP contribution in [0.15, 0.2) is 18.2 Å². The number of ether oxygens (including phenoxy) is 1. The van der Waals surface area contributed by atoms with Crippen molar-refractivity contribution in [1.82, 2.24) is 0 Å². The van der Waals surface area contributed by atoms with Gasteiger partial charge in [-0.25, -0.2) is 4.79 Å². The largest absolute Gasteiger partial charge is 0.414 e. The second-order valence-electron chi connectivity index (χ2n) is 1.92. The molecular formula is C7H3Cl3O2. The second kappa shape index (κ2) is 3.99. The third-order valence-corrected chi connectivity index (χ3v) is 1.91. The van der Waals surface area contributed by atoms with E-state index in [9.17, 15) is 4.79 Å². The van der Waals surface area contributed by atoms with E-state index >= 15 is 0 Å². The number of benzene rings is 1.